The van der Waals surface area contributed by atoms with Crippen LogP contribution in [0.25, 0.3) is 0 Å². The van der Waals surface area contributed by atoms with E-state index < -0.39 is 10.8 Å². The highest BCUT2D eigenvalue weighted by molar-refractivity contribution is 6.34. The number of benzene rings is 1. The van der Waals surface area contributed by atoms with Crippen LogP contribution in [-0.2, 0) is 0 Å². The zero-order valence-corrected chi connectivity index (χ0v) is 12.8. The number of amides is 1. The van der Waals surface area contributed by atoms with Crippen molar-refractivity contribution in [2.45, 2.75) is 0 Å². The van der Waals surface area contributed by atoms with Crippen LogP contribution in [0, 0.1) is 10.1 Å². The van der Waals surface area contributed by atoms with Gasteiger partial charge < -0.3 is 4.90 Å². The molecular weight excluding hydrogens is 317 g/mol. The van der Waals surface area contributed by atoms with Gasteiger partial charge in [-0.25, -0.2) is 0 Å². The fraction of sp³-hybridized carbons (Fsp3) is 0.462. The Morgan fingerprint density at radius 2 is 1.95 bits per heavy atom. The van der Waals surface area contributed by atoms with E-state index in [0.717, 1.165) is 6.54 Å². The van der Waals surface area contributed by atoms with Crippen LogP contribution in [0.15, 0.2) is 18.2 Å². The van der Waals surface area contributed by atoms with E-state index in [2.05, 4.69) is 4.90 Å². The molecule has 8 heteroatoms. The van der Waals surface area contributed by atoms with E-state index in [1.807, 2.05) is 0 Å². The summed E-state index contributed by atoms with van der Waals surface area (Å²) in [5.41, 5.74) is -0.286. The summed E-state index contributed by atoms with van der Waals surface area (Å²) in [7, 11) is 0. The Morgan fingerprint density at radius 3 is 2.52 bits per heavy atom. The van der Waals surface area contributed by atoms with Crippen LogP contribution in [-0.4, -0.2) is 59.2 Å². The summed E-state index contributed by atoms with van der Waals surface area (Å²) >= 11 is 11.7. The van der Waals surface area contributed by atoms with Gasteiger partial charge in [-0.15, -0.1) is 11.6 Å². The lowest BCUT2D eigenvalue weighted by atomic mass is 10.1. The number of nitro benzene ring substituents is 1. The van der Waals surface area contributed by atoms with E-state index in [-0.39, 0.29) is 16.3 Å². The van der Waals surface area contributed by atoms with E-state index in [9.17, 15) is 14.9 Å². The highest BCUT2D eigenvalue weighted by Crippen LogP contribution is 2.27. The van der Waals surface area contributed by atoms with Crippen molar-refractivity contribution in [2.24, 2.45) is 0 Å². The molecule has 1 aliphatic heterocycles. The maximum absolute atomic E-state index is 12.5. The minimum Gasteiger partial charge on any atom is -0.336 e. The van der Waals surface area contributed by atoms with Crippen molar-refractivity contribution in [1.82, 2.24) is 9.80 Å². The topological polar surface area (TPSA) is 66.7 Å². The maximum Gasteiger partial charge on any atom is 0.283 e. The first-order valence-electron chi connectivity index (χ1n) is 6.55. The summed E-state index contributed by atoms with van der Waals surface area (Å²) in [6.07, 6.45) is 0. The molecule has 1 amide bonds. The van der Waals surface area contributed by atoms with Crippen molar-refractivity contribution < 1.29 is 9.72 Å². The zero-order chi connectivity index (χ0) is 15.4. The monoisotopic (exact) mass is 331 g/mol. The van der Waals surface area contributed by atoms with Crippen molar-refractivity contribution in [3.63, 3.8) is 0 Å². The largest absolute Gasteiger partial charge is 0.336 e. The van der Waals surface area contributed by atoms with Gasteiger partial charge in [-0.3, -0.25) is 19.8 Å². The maximum atomic E-state index is 12.5. The lowest BCUT2D eigenvalue weighted by Crippen LogP contribution is -2.49. The van der Waals surface area contributed by atoms with Crippen LogP contribution in [0.1, 0.15) is 10.4 Å². The summed E-state index contributed by atoms with van der Waals surface area (Å²) in [5.74, 6) is 0.155. The average molecular weight is 332 g/mol. The molecule has 1 heterocycles. The molecule has 0 bridgehead atoms. The number of hydrogen-bond acceptors (Lipinski definition) is 4. The van der Waals surface area contributed by atoms with Gasteiger partial charge in [-0.1, -0.05) is 17.7 Å². The number of rotatable bonds is 4. The number of alkyl halides is 1. The molecule has 0 spiro atoms. The van der Waals surface area contributed by atoms with Gasteiger partial charge in [0.05, 0.1) is 9.95 Å². The molecule has 0 aromatic heterocycles. The summed E-state index contributed by atoms with van der Waals surface area (Å²) in [5, 5.41) is 11.2. The molecule has 6 nitrogen and oxygen atoms in total. The summed E-state index contributed by atoms with van der Waals surface area (Å²) < 4.78 is 0. The fourth-order valence-corrected chi connectivity index (χ4v) is 2.82. The first-order chi connectivity index (χ1) is 10.0. The summed E-state index contributed by atoms with van der Waals surface area (Å²) in [6, 6.07) is 4.25. The van der Waals surface area contributed by atoms with E-state index in [1.165, 1.54) is 18.2 Å². The second-order valence-electron chi connectivity index (χ2n) is 4.71. The quantitative estimate of drug-likeness (QED) is 0.482. The van der Waals surface area contributed by atoms with Crippen LogP contribution in [0.2, 0.25) is 5.02 Å². The molecule has 0 aliphatic carbocycles. The van der Waals surface area contributed by atoms with Crippen molar-refractivity contribution in [1.29, 1.82) is 0 Å². The fourth-order valence-electron chi connectivity index (χ4n) is 2.33. The van der Waals surface area contributed by atoms with Crippen LogP contribution in [0.4, 0.5) is 5.69 Å². The normalized spacial score (nSPS) is 16.0. The minimum absolute atomic E-state index is 0.0324. The number of halogens is 2. The van der Waals surface area contributed by atoms with Crippen molar-refractivity contribution in [3.05, 3.63) is 38.9 Å². The number of hydrogen-bond donors (Lipinski definition) is 0. The third kappa shape index (κ3) is 3.64. The average Bonchev–Trinajstić information content (AvgIpc) is 2.47. The van der Waals surface area contributed by atoms with Gasteiger partial charge >= 0.3 is 0 Å². The van der Waals surface area contributed by atoms with Crippen molar-refractivity contribution >= 4 is 34.8 Å². The van der Waals surface area contributed by atoms with Gasteiger partial charge in [-0.05, 0) is 6.07 Å². The molecule has 0 N–H and O–H groups in total. The molecule has 114 valence electrons. The van der Waals surface area contributed by atoms with Crippen LogP contribution in [0.5, 0.6) is 0 Å². The number of carbonyl (C=O) groups excluding carboxylic acids is 1. The van der Waals surface area contributed by atoms with Gasteiger partial charge in [0.15, 0.2) is 0 Å². The second-order valence-corrected chi connectivity index (χ2v) is 5.50. The summed E-state index contributed by atoms with van der Waals surface area (Å²) in [4.78, 5) is 26.7. The van der Waals surface area contributed by atoms with Gasteiger partial charge in [0, 0.05) is 44.7 Å². The number of nitrogens with zero attached hydrogens (tertiary/aromatic N) is 3. The Morgan fingerprint density at radius 1 is 1.29 bits per heavy atom. The molecule has 0 atom stereocenters. The molecular formula is C13H15Cl2N3O3. The highest BCUT2D eigenvalue weighted by Gasteiger charge is 2.29. The number of carbonyl (C=O) groups is 1. The van der Waals surface area contributed by atoms with Gasteiger partial charge in [0.2, 0.25) is 0 Å². The SMILES string of the molecule is O=C(c1c(Cl)cccc1[N+](=O)[O-])N1CCN(CCCl)CC1. The van der Waals surface area contributed by atoms with E-state index >= 15 is 0 Å². The zero-order valence-electron chi connectivity index (χ0n) is 11.3. The Balaban J connectivity index is 2.16. The third-order valence-electron chi connectivity index (χ3n) is 3.46. The minimum atomic E-state index is -0.580. The molecule has 1 saturated heterocycles. The van der Waals surface area contributed by atoms with E-state index in [1.54, 1.807) is 4.90 Å². The Labute approximate surface area is 132 Å². The molecule has 0 saturated carbocycles. The molecule has 2 rings (SSSR count). The van der Waals surface area contributed by atoms with Crippen LogP contribution >= 0.6 is 23.2 Å². The molecule has 0 radical (unpaired) electrons. The van der Waals surface area contributed by atoms with E-state index in [4.69, 9.17) is 23.2 Å². The molecule has 1 aliphatic rings. The molecule has 1 aromatic rings. The Kier molecular flexibility index (Phi) is 5.39. The van der Waals surface area contributed by atoms with E-state index in [0.29, 0.717) is 32.1 Å². The smallest absolute Gasteiger partial charge is 0.283 e. The van der Waals surface area contributed by atoms with Crippen molar-refractivity contribution in [3.8, 4) is 0 Å². The first-order valence-corrected chi connectivity index (χ1v) is 7.46. The lowest BCUT2D eigenvalue weighted by molar-refractivity contribution is -0.385. The predicted octanol–water partition coefficient (Wildman–Crippen LogP) is 2.24. The second kappa shape index (κ2) is 7.06. The van der Waals surface area contributed by atoms with Crippen LogP contribution < -0.4 is 0 Å². The Bertz CT molecular complexity index is 545. The predicted molar refractivity (Wildman–Crippen MR) is 81.2 cm³/mol. The molecule has 1 aromatic carbocycles. The Hall–Kier alpha value is -1.37. The highest BCUT2D eigenvalue weighted by atomic mass is 35.5. The molecule has 1 fully saturated rings. The van der Waals surface area contributed by atoms with Crippen LogP contribution in [0.3, 0.4) is 0 Å². The molecule has 0 unspecified atom stereocenters. The first kappa shape index (κ1) is 16.0. The number of piperazine rings is 1. The third-order valence-corrected chi connectivity index (χ3v) is 3.95. The van der Waals surface area contributed by atoms with Gasteiger partial charge in [0.25, 0.3) is 11.6 Å². The number of nitro groups is 1. The summed E-state index contributed by atoms with van der Waals surface area (Å²) in [6.45, 7) is 3.21. The van der Waals surface area contributed by atoms with Gasteiger partial charge in [-0.2, -0.15) is 0 Å². The lowest BCUT2D eigenvalue weighted by Gasteiger charge is -2.34. The van der Waals surface area contributed by atoms with Crippen molar-refractivity contribution in [2.75, 3.05) is 38.6 Å². The molecule has 21 heavy (non-hydrogen) atoms. The van der Waals surface area contributed by atoms with Gasteiger partial charge in [0.1, 0.15) is 5.56 Å². The standard InChI is InChI=1S/C13H15Cl2N3O3/c14-4-5-16-6-8-17(9-7-16)13(19)12-10(15)2-1-3-11(12)18(20)21/h1-3H,4-9H2.